The molecule has 0 saturated heterocycles. The number of carbonyl (C=O) groups excluding carboxylic acids is 1. The average Bonchev–Trinajstić information content (AvgIpc) is 3.36. The van der Waals surface area contributed by atoms with Crippen molar-refractivity contribution in [2.75, 3.05) is 0 Å². The van der Waals surface area contributed by atoms with E-state index in [1.807, 2.05) is 24.3 Å². The van der Waals surface area contributed by atoms with E-state index in [9.17, 15) is 4.79 Å². The maximum atomic E-state index is 13.1. The number of nitrogens with zero attached hydrogens (tertiary/aromatic N) is 2. The van der Waals surface area contributed by atoms with Crippen molar-refractivity contribution >= 4 is 16.9 Å². The second-order valence-corrected chi connectivity index (χ2v) is 8.48. The zero-order chi connectivity index (χ0) is 19.6. The maximum absolute atomic E-state index is 13.1. The first-order valence-electron chi connectivity index (χ1n) is 10.4. The van der Waals surface area contributed by atoms with Crippen molar-refractivity contribution in [3.8, 4) is 0 Å². The number of carbonyl (C=O) groups is 1. The van der Waals surface area contributed by atoms with Gasteiger partial charge in [-0.2, -0.15) is 0 Å². The van der Waals surface area contributed by atoms with Crippen LogP contribution in [0.2, 0.25) is 0 Å². The van der Waals surface area contributed by atoms with E-state index in [2.05, 4.69) is 53.2 Å². The molecule has 1 aromatic carbocycles. The van der Waals surface area contributed by atoms with Gasteiger partial charge in [0.25, 0.3) is 0 Å². The summed E-state index contributed by atoms with van der Waals surface area (Å²) in [4.78, 5) is 21.3. The van der Waals surface area contributed by atoms with Gasteiger partial charge in [-0.1, -0.05) is 45.2 Å². The summed E-state index contributed by atoms with van der Waals surface area (Å²) in [6.45, 7) is 4.25. The molecule has 5 nitrogen and oxygen atoms in total. The van der Waals surface area contributed by atoms with Gasteiger partial charge in [0, 0.05) is 12.4 Å². The number of aromatic nitrogens is 3. The molecule has 1 aliphatic rings. The lowest BCUT2D eigenvalue weighted by Crippen LogP contribution is -2.42. The Morgan fingerprint density at radius 3 is 2.54 bits per heavy atom. The molecular formula is C23H30N4O. The molecule has 1 saturated carbocycles. The second kappa shape index (κ2) is 7.82. The second-order valence-electron chi connectivity index (χ2n) is 8.48. The Kier molecular flexibility index (Phi) is 5.25. The number of aromatic amines is 1. The summed E-state index contributed by atoms with van der Waals surface area (Å²) in [5, 5.41) is 3.28. The Bertz CT molecular complexity index is 886. The highest BCUT2D eigenvalue weighted by Crippen LogP contribution is 2.38. The van der Waals surface area contributed by atoms with E-state index >= 15 is 0 Å². The SMILES string of the molecule is CC(C)[C@@H](NC(=O)CC1(n2cccc2)CCCCC1)c1nc2ccccc2[nH]1. The first-order valence-corrected chi connectivity index (χ1v) is 10.4. The molecule has 28 heavy (non-hydrogen) atoms. The van der Waals surface area contributed by atoms with E-state index in [1.54, 1.807) is 0 Å². The predicted molar refractivity (Wildman–Crippen MR) is 112 cm³/mol. The van der Waals surface area contributed by atoms with Gasteiger partial charge in [-0.15, -0.1) is 0 Å². The Morgan fingerprint density at radius 1 is 1.14 bits per heavy atom. The van der Waals surface area contributed by atoms with Crippen molar-refractivity contribution in [2.45, 2.75) is 64.0 Å². The van der Waals surface area contributed by atoms with Gasteiger partial charge in [-0.3, -0.25) is 4.79 Å². The third-order valence-electron chi connectivity index (χ3n) is 6.11. The summed E-state index contributed by atoms with van der Waals surface area (Å²) in [5.74, 6) is 1.19. The van der Waals surface area contributed by atoms with Crippen LogP contribution in [0.4, 0.5) is 0 Å². The van der Waals surface area contributed by atoms with Crippen molar-refractivity contribution in [2.24, 2.45) is 5.92 Å². The standard InChI is InChI=1S/C23H30N4O/c1-17(2)21(22-24-18-10-4-5-11-19(18)25-22)26-20(28)16-23(12-6-3-7-13-23)27-14-8-9-15-27/h4-5,8-11,14-15,17,21H,3,6-7,12-13,16H2,1-2H3,(H,24,25)(H,26,28)/t21-/m1/s1. The molecule has 1 amide bonds. The number of H-pyrrole nitrogens is 1. The van der Waals surface area contributed by atoms with Gasteiger partial charge in [0.05, 0.1) is 29.0 Å². The summed E-state index contributed by atoms with van der Waals surface area (Å²) in [7, 11) is 0. The third-order valence-corrected chi connectivity index (χ3v) is 6.11. The number of nitrogens with one attached hydrogen (secondary N) is 2. The van der Waals surface area contributed by atoms with Crippen LogP contribution in [-0.4, -0.2) is 20.4 Å². The number of imidazole rings is 1. The molecule has 5 heteroatoms. The number of amides is 1. The van der Waals surface area contributed by atoms with Gasteiger partial charge in [-0.05, 0) is 43.0 Å². The molecule has 1 fully saturated rings. The summed E-state index contributed by atoms with van der Waals surface area (Å²) in [5.41, 5.74) is 1.85. The third kappa shape index (κ3) is 3.71. The monoisotopic (exact) mass is 378 g/mol. The van der Waals surface area contributed by atoms with Crippen LogP contribution in [0.25, 0.3) is 11.0 Å². The van der Waals surface area contributed by atoms with Crippen LogP contribution in [0.1, 0.15) is 64.2 Å². The Morgan fingerprint density at radius 2 is 1.86 bits per heavy atom. The smallest absolute Gasteiger partial charge is 0.222 e. The molecule has 1 atom stereocenters. The van der Waals surface area contributed by atoms with E-state index in [4.69, 9.17) is 4.98 Å². The Hall–Kier alpha value is -2.56. The lowest BCUT2D eigenvalue weighted by molar-refractivity contribution is -0.124. The van der Waals surface area contributed by atoms with E-state index in [-0.39, 0.29) is 23.4 Å². The molecule has 0 radical (unpaired) electrons. The predicted octanol–water partition coefficient (Wildman–Crippen LogP) is 4.93. The molecule has 2 heterocycles. The Labute approximate surface area is 166 Å². The summed E-state index contributed by atoms with van der Waals surface area (Å²) >= 11 is 0. The van der Waals surface area contributed by atoms with E-state index in [0.29, 0.717) is 6.42 Å². The molecule has 148 valence electrons. The minimum atomic E-state index is -0.120. The first kappa shape index (κ1) is 18.8. The maximum Gasteiger partial charge on any atom is 0.222 e. The normalized spacial score (nSPS) is 17.7. The summed E-state index contributed by atoms with van der Waals surface area (Å²) < 4.78 is 2.26. The fourth-order valence-electron chi connectivity index (χ4n) is 4.58. The number of rotatable bonds is 6. The number of para-hydroxylation sites is 2. The molecule has 0 aliphatic heterocycles. The summed E-state index contributed by atoms with van der Waals surface area (Å²) in [6.07, 6.45) is 10.5. The highest BCUT2D eigenvalue weighted by atomic mass is 16.1. The first-order chi connectivity index (χ1) is 13.6. The molecule has 3 aromatic rings. The van der Waals surface area contributed by atoms with Gasteiger partial charge in [-0.25, -0.2) is 4.98 Å². The zero-order valence-electron chi connectivity index (χ0n) is 16.8. The molecular weight excluding hydrogens is 348 g/mol. The number of fused-ring (bicyclic) bond motifs is 1. The average molecular weight is 379 g/mol. The molecule has 0 bridgehead atoms. The van der Waals surface area contributed by atoms with Crippen LogP contribution < -0.4 is 5.32 Å². The lowest BCUT2D eigenvalue weighted by atomic mass is 9.78. The van der Waals surface area contributed by atoms with Crippen LogP contribution in [-0.2, 0) is 10.3 Å². The van der Waals surface area contributed by atoms with Crippen LogP contribution in [0, 0.1) is 5.92 Å². The minimum Gasteiger partial charge on any atom is -0.348 e. The number of hydrogen-bond acceptors (Lipinski definition) is 2. The number of benzene rings is 1. The van der Waals surface area contributed by atoms with E-state index in [1.165, 1.54) is 19.3 Å². The molecule has 2 aromatic heterocycles. The van der Waals surface area contributed by atoms with Gasteiger partial charge in [0.15, 0.2) is 0 Å². The highest BCUT2D eigenvalue weighted by Gasteiger charge is 2.36. The van der Waals surface area contributed by atoms with Crippen LogP contribution in [0.5, 0.6) is 0 Å². The van der Waals surface area contributed by atoms with Crippen molar-refractivity contribution in [3.63, 3.8) is 0 Å². The number of hydrogen-bond donors (Lipinski definition) is 2. The Balaban J connectivity index is 1.54. The fourth-order valence-corrected chi connectivity index (χ4v) is 4.58. The molecule has 0 spiro atoms. The van der Waals surface area contributed by atoms with Crippen LogP contribution >= 0.6 is 0 Å². The van der Waals surface area contributed by atoms with E-state index < -0.39 is 0 Å². The van der Waals surface area contributed by atoms with Crippen LogP contribution in [0.15, 0.2) is 48.8 Å². The van der Waals surface area contributed by atoms with Gasteiger partial charge in [0.2, 0.25) is 5.91 Å². The molecule has 0 unspecified atom stereocenters. The summed E-state index contributed by atoms with van der Waals surface area (Å²) in [6, 6.07) is 12.0. The van der Waals surface area contributed by atoms with Gasteiger partial charge >= 0.3 is 0 Å². The van der Waals surface area contributed by atoms with Crippen LogP contribution in [0.3, 0.4) is 0 Å². The quantitative estimate of drug-likeness (QED) is 0.639. The molecule has 1 aliphatic carbocycles. The minimum absolute atomic E-state index is 0.0960. The largest absolute Gasteiger partial charge is 0.348 e. The molecule has 4 rings (SSSR count). The van der Waals surface area contributed by atoms with Crippen molar-refractivity contribution in [1.82, 2.24) is 19.9 Å². The van der Waals surface area contributed by atoms with Crippen molar-refractivity contribution < 1.29 is 4.79 Å². The fraction of sp³-hybridized carbons (Fsp3) is 0.478. The van der Waals surface area contributed by atoms with Gasteiger partial charge < -0.3 is 14.9 Å². The van der Waals surface area contributed by atoms with E-state index in [0.717, 1.165) is 29.7 Å². The zero-order valence-corrected chi connectivity index (χ0v) is 16.8. The van der Waals surface area contributed by atoms with Crippen molar-refractivity contribution in [3.05, 3.63) is 54.6 Å². The van der Waals surface area contributed by atoms with Crippen molar-refractivity contribution in [1.29, 1.82) is 0 Å². The van der Waals surface area contributed by atoms with Gasteiger partial charge in [0.1, 0.15) is 5.82 Å². The topological polar surface area (TPSA) is 62.7 Å². The highest BCUT2D eigenvalue weighted by molar-refractivity contribution is 5.78. The molecule has 2 N–H and O–H groups in total. The lowest BCUT2D eigenvalue weighted by Gasteiger charge is -2.39.